The Hall–Kier alpha value is -3.92. The predicted molar refractivity (Wildman–Crippen MR) is 143 cm³/mol. The highest BCUT2D eigenvalue weighted by Crippen LogP contribution is 2.25. The summed E-state index contributed by atoms with van der Waals surface area (Å²) in [5.41, 5.74) is 7.65. The van der Waals surface area contributed by atoms with Gasteiger partial charge in [-0.05, 0) is 45.7 Å². The Balaban J connectivity index is 2.48. The lowest BCUT2D eigenvalue weighted by Crippen LogP contribution is -2.54. The highest BCUT2D eigenvalue weighted by molar-refractivity contribution is 5.94. The van der Waals surface area contributed by atoms with Gasteiger partial charge in [-0.25, -0.2) is 4.79 Å². The average molecular weight is 527 g/mol. The number of ether oxygens (including phenoxy) is 1. The monoisotopic (exact) mass is 526 g/mol. The third kappa shape index (κ3) is 9.51. The van der Waals surface area contributed by atoms with Crippen molar-refractivity contribution in [2.45, 2.75) is 65.3 Å². The number of hydrogen-bond acceptors (Lipinski definition) is 6. The third-order valence-corrected chi connectivity index (χ3v) is 5.45. The van der Waals surface area contributed by atoms with E-state index in [1.165, 1.54) is 0 Å². The van der Waals surface area contributed by atoms with Gasteiger partial charge in [0, 0.05) is 13.1 Å². The highest BCUT2D eigenvalue weighted by Gasteiger charge is 2.37. The van der Waals surface area contributed by atoms with E-state index in [4.69, 9.17) is 10.5 Å². The number of hydrogen-bond donors (Lipinski definition) is 4. The van der Waals surface area contributed by atoms with E-state index in [2.05, 4.69) is 10.6 Å². The zero-order valence-electron chi connectivity index (χ0n) is 22.6. The summed E-state index contributed by atoms with van der Waals surface area (Å²) in [5, 5.41) is 15.1. The molecule has 0 heterocycles. The minimum absolute atomic E-state index is 0.211. The second-order valence-corrected chi connectivity index (χ2v) is 10.2. The molecule has 2 atom stereocenters. The summed E-state index contributed by atoms with van der Waals surface area (Å²) >= 11 is 0. The molecule has 4 amide bonds. The van der Waals surface area contributed by atoms with Gasteiger partial charge in [0.15, 0.2) is 0 Å². The number of primary amides is 1. The molecule has 206 valence electrons. The Bertz CT molecular complexity index is 1110. The largest absolute Gasteiger partial charge is 0.444 e. The van der Waals surface area contributed by atoms with E-state index in [0.29, 0.717) is 5.56 Å². The number of carbonyl (C=O) groups is 4. The zero-order valence-corrected chi connectivity index (χ0v) is 22.6. The van der Waals surface area contributed by atoms with E-state index >= 15 is 0 Å². The van der Waals surface area contributed by atoms with Crippen molar-refractivity contribution in [2.24, 2.45) is 5.73 Å². The number of aryl methyl sites for hydroxylation is 2. The maximum atomic E-state index is 13.8. The molecule has 0 radical (unpaired) electrons. The predicted octanol–water partition coefficient (Wildman–Crippen LogP) is 2.25. The molecule has 5 N–H and O–H groups in total. The summed E-state index contributed by atoms with van der Waals surface area (Å²) in [6, 6.07) is 12.2. The molecule has 2 unspecified atom stereocenters. The molecule has 38 heavy (non-hydrogen) atoms. The first-order valence-corrected chi connectivity index (χ1v) is 12.4. The molecule has 10 heteroatoms. The normalized spacial score (nSPS) is 12.7. The van der Waals surface area contributed by atoms with Gasteiger partial charge in [0.25, 0.3) is 0 Å². The van der Waals surface area contributed by atoms with Crippen LogP contribution in [0.2, 0.25) is 0 Å². The summed E-state index contributed by atoms with van der Waals surface area (Å²) in [6.07, 6.45) is -1.44. The van der Waals surface area contributed by atoms with Gasteiger partial charge >= 0.3 is 6.09 Å². The van der Waals surface area contributed by atoms with Crippen LogP contribution in [-0.4, -0.2) is 58.6 Å². The van der Waals surface area contributed by atoms with Crippen molar-refractivity contribution in [1.29, 1.82) is 0 Å². The van der Waals surface area contributed by atoms with Crippen molar-refractivity contribution in [3.8, 4) is 0 Å². The van der Waals surface area contributed by atoms with E-state index in [0.717, 1.165) is 21.6 Å². The van der Waals surface area contributed by atoms with Gasteiger partial charge in [0.1, 0.15) is 17.7 Å². The Labute approximate surface area is 223 Å². The van der Waals surface area contributed by atoms with E-state index in [1.54, 1.807) is 32.9 Å². The fourth-order valence-corrected chi connectivity index (χ4v) is 4.05. The number of nitrogens with one attached hydrogen (secondary N) is 2. The standard InChI is InChI=1S/C28H38N4O6/c1-18-13-19(2)15-21(14-18)24(25(35)30-17-20-9-7-6-8-10-20)32(11-12-33)26(36)22(16-23(29)34)31-27(37)38-28(3,4)5/h6-10,13-15,22,24,33H,11-12,16-17H2,1-5H3,(H2,29,34)(H,30,35)(H,31,37). The van der Waals surface area contributed by atoms with Crippen molar-refractivity contribution >= 4 is 23.8 Å². The molecule has 0 aliphatic heterocycles. The quantitative estimate of drug-likeness (QED) is 0.353. The lowest BCUT2D eigenvalue weighted by molar-refractivity contribution is -0.144. The van der Waals surface area contributed by atoms with Crippen LogP contribution in [0.3, 0.4) is 0 Å². The summed E-state index contributed by atoms with van der Waals surface area (Å²) in [4.78, 5) is 52.9. The Morgan fingerprint density at radius 2 is 1.63 bits per heavy atom. The Morgan fingerprint density at radius 3 is 2.16 bits per heavy atom. The first-order valence-electron chi connectivity index (χ1n) is 12.4. The van der Waals surface area contributed by atoms with Crippen LogP contribution < -0.4 is 16.4 Å². The number of nitrogens with zero attached hydrogens (tertiary/aromatic N) is 1. The summed E-state index contributed by atoms with van der Waals surface area (Å²) in [7, 11) is 0. The molecule has 0 saturated carbocycles. The van der Waals surface area contributed by atoms with Crippen LogP contribution in [0, 0.1) is 13.8 Å². The fraction of sp³-hybridized carbons (Fsp3) is 0.429. The Kier molecular flexibility index (Phi) is 10.8. The minimum Gasteiger partial charge on any atom is -0.444 e. The molecule has 10 nitrogen and oxygen atoms in total. The van der Waals surface area contributed by atoms with Gasteiger partial charge in [-0.3, -0.25) is 14.4 Å². The van der Waals surface area contributed by atoms with E-state index in [1.807, 2.05) is 50.2 Å². The third-order valence-electron chi connectivity index (χ3n) is 5.45. The summed E-state index contributed by atoms with van der Waals surface area (Å²) in [6.45, 7) is 8.22. The maximum absolute atomic E-state index is 13.8. The number of benzene rings is 2. The number of aliphatic hydroxyl groups excluding tert-OH is 1. The topological polar surface area (TPSA) is 151 Å². The second kappa shape index (κ2) is 13.6. The van der Waals surface area contributed by atoms with Crippen molar-refractivity contribution in [3.05, 3.63) is 70.8 Å². The number of carbonyl (C=O) groups excluding carboxylic acids is 4. The molecule has 0 aliphatic rings. The summed E-state index contributed by atoms with van der Waals surface area (Å²) in [5.74, 6) is -2.08. The Morgan fingerprint density at radius 1 is 1.03 bits per heavy atom. The van der Waals surface area contributed by atoms with Crippen LogP contribution in [0.1, 0.15) is 55.5 Å². The molecule has 0 bridgehead atoms. The average Bonchev–Trinajstić information content (AvgIpc) is 2.80. The second-order valence-electron chi connectivity index (χ2n) is 10.2. The minimum atomic E-state index is -1.41. The molecule has 2 aromatic rings. The molecule has 0 spiro atoms. The molecule has 0 fully saturated rings. The molecule has 0 aliphatic carbocycles. The van der Waals surface area contributed by atoms with Crippen LogP contribution in [-0.2, 0) is 25.7 Å². The van der Waals surface area contributed by atoms with Gasteiger partial charge in [-0.1, -0.05) is 59.7 Å². The van der Waals surface area contributed by atoms with Crippen LogP contribution in [0.25, 0.3) is 0 Å². The van der Waals surface area contributed by atoms with Crippen molar-refractivity contribution < 1.29 is 29.0 Å². The number of alkyl carbamates (subject to hydrolysis) is 1. The zero-order chi connectivity index (χ0) is 28.5. The first-order chi connectivity index (χ1) is 17.8. The van der Waals surface area contributed by atoms with Crippen molar-refractivity contribution in [3.63, 3.8) is 0 Å². The van der Waals surface area contributed by atoms with E-state index < -0.39 is 54.5 Å². The number of rotatable bonds is 11. The molecule has 0 saturated heterocycles. The van der Waals surface area contributed by atoms with E-state index in [9.17, 15) is 24.3 Å². The van der Waals surface area contributed by atoms with Crippen LogP contribution >= 0.6 is 0 Å². The fourth-order valence-electron chi connectivity index (χ4n) is 4.05. The van der Waals surface area contributed by atoms with Gasteiger partial charge < -0.3 is 31.1 Å². The van der Waals surface area contributed by atoms with Crippen molar-refractivity contribution in [2.75, 3.05) is 13.2 Å². The molecular weight excluding hydrogens is 488 g/mol. The smallest absolute Gasteiger partial charge is 0.408 e. The lowest BCUT2D eigenvalue weighted by atomic mass is 9.98. The number of aliphatic hydroxyl groups is 1. The van der Waals surface area contributed by atoms with E-state index in [-0.39, 0.29) is 13.1 Å². The molecule has 0 aromatic heterocycles. The van der Waals surface area contributed by atoms with Gasteiger partial charge in [-0.2, -0.15) is 0 Å². The molecule has 2 rings (SSSR count). The molecular formula is C28H38N4O6. The van der Waals surface area contributed by atoms with Gasteiger partial charge in [0.05, 0.1) is 13.0 Å². The lowest BCUT2D eigenvalue weighted by Gasteiger charge is -2.34. The SMILES string of the molecule is Cc1cc(C)cc(C(C(=O)NCc2ccccc2)N(CCO)C(=O)C(CC(N)=O)NC(=O)OC(C)(C)C)c1. The highest BCUT2D eigenvalue weighted by atomic mass is 16.6. The van der Waals surface area contributed by atoms with Gasteiger partial charge in [-0.15, -0.1) is 0 Å². The van der Waals surface area contributed by atoms with Crippen LogP contribution in [0.15, 0.2) is 48.5 Å². The first kappa shape index (κ1) is 30.3. The molecule has 2 aromatic carbocycles. The van der Waals surface area contributed by atoms with Crippen LogP contribution in [0.4, 0.5) is 4.79 Å². The number of nitrogens with two attached hydrogens (primary N) is 1. The number of amides is 4. The van der Waals surface area contributed by atoms with Gasteiger partial charge in [0.2, 0.25) is 17.7 Å². The maximum Gasteiger partial charge on any atom is 0.408 e. The van der Waals surface area contributed by atoms with Crippen molar-refractivity contribution in [1.82, 2.24) is 15.5 Å². The summed E-state index contributed by atoms with van der Waals surface area (Å²) < 4.78 is 5.25. The van der Waals surface area contributed by atoms with Crippen LogP contribution in [0.5, 0.6) is 0 Å².